The number of nitrogens with zero attached hydrogens (tertiary/aromatic N) is 2. The van der Waals surface area contributed by atoms with Gasteiger partial charge in [0.05, 0.1) is 0 Å². The number of likely N-dealkylation sites (tertiary alicyclic amines) is 2. The molecule has 0 amide bonds. The number of unbranched alkanes of at least 4 members (excludes halogenated alkanes) is 1. The molecular weight excluding hydrogens is 344 g/mol. The standard InChI is InChI=1S/C24H48N4/c1-27-16-11-24(12-17-27)23(6-13-25)5-3-2-4-21-9-18-28(19-10-21)20-22-7-14-26-15-8-22/h21-24,26H,2-20,25H2,1H3. The molecule has 4 nitrogen and oxygen atoms in total. The minimum atomic E-state index is 0.881. The van der Waals surface area contributed by atoms with E-state index < -0.39 is 0 Å². The van der Waals surface area contributed by atoms with Crippen molar-refractivity contribution in [3.05, 3.63) is 0 Å². The summed E-state index contributed by atoms with van der Waals surface area (Å²) < 4.78 is 0. The lowest BCUT2D eigenvalue weighted by Gasteiger charge is -2.36. The summed E-state index contributed by atoms with van der Waals surface area (Å²) in [7, 11) is 2.27. The van der Waals surface area contributed by atoms with Gasteiger partial charge in [-0.15, -0.1) is 0 Å². The fourth-order valence-electron chi connectivity index (χ4n) is 6.06. The van der Waals surface area contributed by atoms with Crippen LogP contribution in [0.3, 0.4) is 0 Å². The second-order valence-corrected chi connectivity index (χ2v) is 10.2. The molecule has 0 bridgehead atoms. The van der Waals surface area contributed by atoms with Crippen LogP contribution in [-0.4, -0.2) is 69.2 Å². The molecule has 1 atom stereocenters. The van der Waals surface area contributed by atoms with Crippen LogP contribution in [0.2, 0.25) is 0 Å². The van der Waals surface area contributed by atoms with E-state index in [0.717, 1.165) is 30.2 Å². The van der Waals surface area contributed by atoms with E-state index in [1.807, 2.05) is 0 Å². The molecular formula is C24H48N4. The van der Waals surface area contributed by atoms with Gasteiger partial charge >= 0.3 is 0 Å². The maximum atomic E-state index is 5.95. The first-order valence-corrected chi connectivity index (χ1v) is 12.6. The van der Waals surface area contributed by atoms with Crippen molar-refractivity contribution in [2.75, 3.05) is 59.4 Å². The zero-order valence-electron chi connectivity index (χ0n) is 18.7. The molecule has 28 heavy (non-hydrogen) atoms. The van der Waals surface area contributed by atoms with Gasteiger partial charge in [-0.25, -0.2) is 0 Å². The molecule has 3 rings (SSSR count). The minimum absolute atomic E-state index is 0.881. The molecule has 0 radical (unpaired) electrons. The van der Waals surface area contributed by atoms with Crippen molar-refractivity contribution >= 4 is 0 Å². The van der Waals surface area contributed by atoms with E-state index >= 15 is 0 Å². The second-order valence-electron chi connectivity index (χ2n) is 10.2. The van der Waals surface area contributed by atoms with Gasteiger partial charge in [0.15, 0.2) is 0 Å². The lowest BCUT2D eigenvalue weighted by molar-refractivity contribution is 0.141. The molecule has 3 saturated heterocycles. The Morgan fingerprint density at radius 2 is 1.57 bits per heavy atom. The van der Waals surface area contributed by atoms with Crippen molar-refractivity contribution in [3.8, 4) is 0 Å². The fourth-order valence-corrected chi connectivity index (χ4v) is 6.06. The number of nitrogens with one attached hydrogen (secondary N) is 1. The van der Waals surface area contributed by atoms with E-state index in [-0.39, 0.29) is 0 Å². The van der Waals surface area contributed by atoms with Gasteiger partial charge in [-0.2, -0.15) is 0 Å². The molecule has 4 heteroatoms. The van der Waals surface area contributed by atoms with E-state index in [1.165, 1.54) is 116 Å². The maximum absolute atomic E-state index is 5.95. The van der Waals surface area contributed by atoms with Crippen molar-refractivity contribution in [3.63, 3.8) is 0 Å². The first-order valence-electron chi connectivity index (χ1n) is 12.6. The molecule has 3 fully saturated rings. The van der Waals surface area contributed by atoms with E-state index in [0.29, 0.717) is 0 Å². The summed E-state index contributed by atoms with van der Waals surface area (Å²) in [5.41, 5.74) is 5.95. The Hall–Kier alpha value is -0.160. The van der Waals surface area contributed by atoms with Crippen molar-refractivity contribution in [2.24, 2.45) is 29.4 Å². The number of rotatable bonds is 10. The first kappa shape index (κ1) is 22.5. The van der Waals surface area contributed by atoms with Crippen molar-refractivity contribution in [1.29, 1.82) is 0 Å². The maximum Gasteiger partial charge on any atom is 0.00106 e. The highest BCUT2D eigenvalue weighted by Crippen LogP contribution is 2.31. The highest BCUT2D eigenvalue weighted by Gasteiger charge is 2.25. The van der Waals surface area contributed by atoms with Gasteiger partial charge in [-0.1, -0.05) is 25.7 Å². The van der Waals surface area contributed by atoms with Crippen LogP contribution in [0.1, 0.15) is 70.6 Å². The van der Waals surface area contributed by atoms with Crippen LogP contribution < -0.4 is 11.1 Å². The summed E-state index contributed by atoms with van der Waals surface area (Å²) in [4.78, 5) is 5.26. The molecule has 3 N–H and O–H groups in total. The molecule has 0 aliphatic carbocycles. The van der Waals surface area contributed by atoms with Gasteiger partial charge in [0.1, 0.15) is 0 Å². The zero-order valence-corrected chi connectivity index (χ0v) is 18.7. The van der Waals surface area contributed by atoms with Crippen LogP contribution in [0, 0.1) is 23.7 Å². The second kappa shape index (κ2) is 12.5. The average molecular weight is 393 g/mol. The highest BCUT2D eigenvalue weighted by molar-refractivity contribution is 4.79. The third kappa shape index (κ3) is 7.59. The van der Waals surface area contributed by atoms with E-state index in [1.54, 1.807) is 0 Å². The summed E-state index contributed by atoms with van der Waals surface area (Å²) in [6, 6.07) is 0. The smallest absolute Gasteiger partial charge is 0.00106 e. The molecule has 3 aliphatic heterocycles. The Balaban J connectivity index is 1.26. The average Bonchev–Trinajstić information content (AvgIpc) is 2.73. The first-order chi connectivity index (χ1) is 13.7. The normalized spacial score (nSPS) is 25.9. The Morgan fingerprint density at radius 3 is 2.25 bits per heavy atom. The SMILES string of the molecule is CN1CCC(C(CCN)CCCCC2CCN(CC3CCNCC3)CC2)CC1. The topological polar surface area (TPSA) is 44.5 Å². The van der Waals surface area contributed by atoms with Crippen LogP contribution in [-0.2, 0) is 0 Å². The number of hydrogen-bond donors (Lipinski definition) is 2. The molecule has 0 saturated carbocycles. The van der Waals surface area contributed by atoms with E-state index in [2.05, 4.69) is 22.2 Å². The molecule has 0 aromatic heterocycles. The highest BCUT2D eigenvalue weighted by atomic mass is 15.1. The molecule has 0 aromatic rings. The quantitative estimate of drug-likeness (QED) is 0.558. The van der Waals surface area contributed by atoms with Crippen LogP contribution in [0.25, 0.3) is 0 Å². The fraction of sp³-hybridized carbons (Fsp3) is 1.00. The summed E-state index contributed by atoms with van der Waals surface area (Å²) in [6.07, 6.45) is 15.5. The Morgan fingerprint density at radius 1 is 0.857 bits per heavy atom. The lowest BCUT2D eigenvalue weighted by Crippen LogP contribution is -2.40. The number of hydrogen-bond acceptors (Lipinski definition) is 4. The third-order valence-electron chi connectivity index (χ3n) is 8.09. The van der Waals surface area contributed by atoms with Crippen LogP contribution in [0.5, 0.6) is 0 Å². The number of piperidine rings is 3. The molecule has 1 unspecified atom stereocenters. The lowest BCUT2D eigenvalue weighted by atomic mass is 9.79. The molecule has 3 aliphatic rings. The van der Waals surface area contributed by atoms with Crippen LogP contribution in [0.15, 0.2) is 0 Å². The molecule has 3 heterocycles. The van der Waals surface area contributed by atoms with Crippen molar-refractivity contribution < 1.29 is 0 Å². The van der Waals surface area contributed by atoms with E-state index in [9.17, 15) is 0 Å². The Kier molecular flexibility index (Phi) is 10.1. The summed E-state index contributed by atoms with van der Waals surface area (Å²) in [6.45, 7) is 10.0. The predicted octanol–water partition coefficient (Wildman–Crippen LogP) is 3.57. The van der Waals surface area contributed by atoms with E-state index in [4.69, 9.17) is 5.73 Å². The van der Waals surface area contributed by atoms with Gasteiger partial charge in [-0.05, 0) is 121 Å². The largest absolute Gasteiger partial charge is 0.330 e. The van der Waals surface area contributed by atoms with Gasteiger partial charge in [0.2, 0.25) is 0 Å². The predicted molar refractivity (Wildman–Crippen MR) is 121 cm³/mol. The monoisotopic (exact) mass is 392 g/mol. The summed E-state index contributed by atoms with van der Waals surface area (Å²) in [5.74, 6) is 3.79. The molecule has 0 spiro atoms. The third-order valence-corrected chi connectivity index (χ3v) is 8.09. The van der Waals surface area contributed by atoms with Gasteiger partial charge in [-0.3, -0.25) is 0 Å². The summed E-state index contributed by atoms with van der Waals surface area (Å²) in [5, 5.41) is 3.50. The Bertz CT molecular complexity index is 393. The minimum Gasteiger partial charge on any atom is -0.330 e. The Labute approximate surface area is 175 Å². The van der Waals surface area contributed by atoms with Crippen LogP contribution in [0.4, 0.5) is 0 Å². The summed E-state index contributed by atoms with van der Waals surface area (Å²) >= 11 is 0. The molecule has 0 aromatic carbocycles. The zero-order chi connectivity index (χ0) is 19.6. The molecule has 164 valence electrons. The van der Waals surface area contributed by atoms with Crippen molar-refractivity contribution in [2.45, 2.75) is 70.6 Å². The van der Waals surface area contributed by atoms with Crippen LogP contribution >= 0.6 is 0 Å². The van der Waals surface area contributed by atoms with Crippen molar-refractivity contribution in [1.82, 2.24) is 15.1 Å². The van der Waals surface area contributed by atoms with Gasteiger partial charge in [0.25, 0.3) is 0 Å². The van der Waals surface area contributed by atoms with Gasteiger partial charge < -0.3 is 20.9 Å². The van der Waals surface area contributed by atoms with Gasteiger partial charge in [0, 0.05) is 6.54 Å². The number of nitrogens with two attached hydrogens (primary N) is 1.